The maximum atomic E-state index is 13.5. The first-order valence-electron chi connectivity index (χ1n) is 8.74. The zero-order valence-corrected chi connectivity index (χ0v) is 17.0. The van der Waals surface area contributed by atoms with Crippen LogP contribution < -0.4 is 0 Å². The van der Waals surface area contributed by atoms with E-state index in [-0.39, 0.29) is 17.4 Å². The van der Waals surface area contributed by atoms with Crippen LogP contribution in [0.15, 0.2) is 59.2 Å². The molecule has 0 fully saturated rings. The molecule has 2 aromatic carbocycles. The second-order valence-corrected chi connectivity index (χ2v) is 8.37. The minimum atomic E-state index is -0.303. The number of aromatic nitrogens is 2. The number of Topliss-reactive ketones (excluding diaryl/α,β-unsaturated/α-hetero) is 1. The molecule has 140 valence electrons. The van der Waals surface area contributed by atoms with E-state index >= 15 is 0 Å². The van der Waals surface area contributed by atoms with Crippen molar-refractivity contribution in [3.05, 3.63) is 76.7 Å². The highest BCUT2D eigenvalue weighted by Gasteiger charge is 2.15. The molecule has 0 spiro atoms. The number of benzene rings is 2. The van der Waals surface area contributed by atoms with Gasteiger partial charge in [-0.15, -0.1) is 11.3 Å². The fraction of sp³-hybridized carbons (Fsp3) is 0.136. The summed E-state index contributed by atoms with van der Waals surface area (Å²) in [5, 5.41) is 3.85. The molecular formula is C22H17FN2OS2. The molecular weight excluding hydrogens is 391 g/mol. The number of aryl methyl sites for hydroxylation is 2. The lowest BCUT2D eigenvalue weighted by molar-refractivity contribution is 0.102. The SMILES string of the molecule is Cc1ccc(-c2csc3ncnc(SCC(=O)c4ccc(F)c(C)c4)c23)cc1. The van der Waals surface area contributed by atoms with E-state index in [1.165, 1.54) is 35.8 Å². The molecule has 3 nitrogen and oxygen atoms in total. The third kappa shape index (κ3) is 3.70. The van der Waals surface area contributed by atoms with E-state index in [1.807, 2.05) is 0 Å². The van der Waals surface area contributed by atoms with Crippen LogP contribution in [-0.4, -0.2) is 21.5 Å². The molecule has 0 unspecified atom stereocenters. The maximum absolute atomic E-state index is 13.5. The minimum absolute atomic E-state index is 0.0491. The second-order valence-electron chi connectivity index (χ2n) is 6.55. The van der Waals surface area contributed by atoms with Crippen LogP contribution in [0.4, 0.5) is 4.39 Å². The van der Waals surface area contributed by atoms with Gasteiger partial charge in [0, 0.05) is 16.5 Å². The summed E-state index contributed by atoms with van der Waals surface area (Å²) in [5.41, 5.74) is 4.37. The molecule has 0 atom stereocenters. The summed E-state index contributed by atoms with van der Waals surface area (Å²) < 4.78 is 13.5. The number of ketones is 1. The van der Waals surface area contributed by atoms with Crippen LogP contribution in [0.25, 0.3) is 21.3 Å². The van der Waals surface area contributed by atoms with Gasteiger partial charge in [0.15, 0.2) is 5.78 Å². The van der Waals surface area contributed by atoms with Crippen LogP contribution >= 0.6 is 23.1 Å². The molecule has 0 aliphatic heterocycles. The number of halogens is 1. The van der Waals surface area contributed by atoms with Crippen molar-refractivity contribution >= 4 is 39.1 Å². The van der Waals surface area contributed by atoms with E-state index < -0.39 is 0 Å². The van der Waals surface area contributed by atoms with Crippen LogP contribution in [0.2, 0.25) is 0 Å². The van der Waals surface area contributed by atoms with Crippen molar-refractivity contribution in [1.82, 2.24) is 9.97 Å². The Hall–Kier alpha value is -2.57. The van der Waals surface area contributed by atoms with Gasteiger partial charge in [0.05, 0.1) is 11.1 Å². The van der Waals surface area contributed by atoms with Gasteiger partial charge in [-0.2, -0.15) is 0 Å². The second kappa shape index (κ2) is 7.81. The number of rotatable bonds is 5. The third-order valence-corrected chi connectivity index (χ3v) is 6.39. The highest BCUT2D eigenvalue weighted by molar-refractivity contribution is 8.00. The predicted molar refractivity (Wildman–Crippen MR) is 114 cm³/mol. The van der Waals surface area contributed by atoms with Crippen molar-refractivity contribution in [3.63, 3.8) is 0 Å². The molecule has 2 aromatic heterocycles. The van der Waals surface area contributed by atoms with Gasteiger partial charge in [-0.1, -0.05) is 41.6 Å². The lowest BCUT2D eigenvalue weighted by atomic mass is 10.1. The first-order chi connectivity index (χ1) is 13.5. The molecule has 0 radical (unpaired) electrons. The summed E-state index contributed by atoms with van der Waals surface area (Å²) in [6.07, 6.45) is 1.53. The molecule has 6 heteroatoms. The molecule has 4 aromatic rings. The summed E-state index contributed by atoms with van der Waals surface area (Å²) in [4.78, 5) is 22.3. The highest BCUT2D eigenvalue weighted by atomic mass is 32.2. The number of carbonyl (C=O) groups excluding carboxylic acids is 1. The van der Waals surface area contributed by atoms with Crippen LogP contribution in [0.5, 0.6) is 0 Å². The molecule has 0 saturated heterocycles. The van der Waals surface area contributed by atoms with Crippen LogP contribution in [0.3, 0.4) is 0 Å². The first kappa shape index (κ1) is 18.8. The number of thioether (sulfide) groups is 1. The maximum Gasteiger partial charge on any atom is 0.173 e. The molecule has 0 amide bonds. The van der Waals surface area contributed by atoms with E-state index in [2.05, 4.69) is 46.5 Å². The van der Waals surface area contributed by atoms with Gasteiger partial charge in [0.1, 0.15) is 22.0 Å². The van der Waals surface area contributed by atoms with Gasteiger partial charge in [0.2, 0.25) is 0 Å². The summed E-state index contributed by atoms with van der Waals surface area (Å²) in [6, 6.07) is 12.8. The summed E-state index contributed by atoms with van der Waals surface area (Å²) in [7, 11) is 0. The van der Waals surface area contributed by atoms with E-state index in [0.29, 0.717) is 11.1 Å². The highest BCUT2D eigenvalue weighted by Crippen LogP contribution is 2.38. The van der Waals surface area contributed by atoms with E-state index in [4.69, 9.17) is 0 Å². The number of hydrogen-bond acceptors (Lipinski definition) is 5. The Morgan fingerprint density at radius 3 is 2.64 bits per heavy atom. The third-order valence-electron chi connectivity index (χ3n) is 4.52. The lowest BCUT2D eigenvalue weighted by Crippen LogP contribution is -2.03. The lowest BCUT2D eigenvalue weighted by Gasteiger charge is -2.06. The molecule has 0 saturated carbocycles. The topological polar surface area (TPSA) is 42.9 Å². The van der Waals surface area contributed by atoms with Gasteiger partial charge in [-0.05, 0) is 43.2 Å². The quantitative estimate of drug-likeness (QED) is 0.228. The van der Waals surface area contributed by atoms with Crippen molar-refractivity contribution in [3.8, 4) is 11.1 Å². The Bertz CT molecular complexity index is 1170. The molecule has 0 bridgehead atoms. The van der Waals surface area contributed by atoms with Crippen molar-refractivity contribution in [2.75, 3.05) is 5.75 Å². The smallest absolute Gasteiger partial charge is 0.173 e. The van der Waals surface area contributed by atoms with Gasteiger partial charge in [-0.25, -0.2) is 14.4 Å². The number of fused-ring (bicyclic) bond motifs is 1. The fourth-order valence-corrected chi connectivity index (χ4v) is 4.83. The predicted octanol–water partition coefficient (Wildman–Crippen LogP) is 6.09. The summed E-state index contributed by atoms with van der Waals surface area (Å²) in [6.45, 7) is 3.72. The van der Waals surface area contributed by atoms with Gasteiger partial charge in [-0.3, -0.25) is 4.79 Å². The van der Waals surface area contributed by atoms with Crippen molar-refractivity contribution in [2.45, 2.75) is 18.9 Å². The van der Waals surface area contributed by atoms with Gasteiger partial charge in [0.25, 0.3) is 0 Å². The van der Waals surface area contributed by atoms with Gasteiger partial charge >= 0.3 is 0 Å². The number of nitrogens with zero attached hydrogens (tertiary/aromatic N) is 2. The molecule has 28 heavy (non-hydrogen) atoms. The summed E-state index contributed by atoms with van der Waals surface area (Å²) >= 11 is 2.96. The largest absolute Gasteiger partial charge is 0.293 e. The molecule has 4 rings (SSSR count). The minimum Gasteiger partial charge on any atom is -0.293 e. The van der Waals surface area contributed by atoms with Crippen molar-refractivity contribution in [2.24, 2.45) is 0 Å². The number of carbonyl (C=O) groups is 1. The fourth-order valence-electron chi connectivity index (χ4n) is 2.94. The average Bonchev–Trinajstić information content (AvgIpc) is 3.13. The number of thiophene rings is 1. The molecule has 0 aliphatic rings. The first-order valence-corrected chi connectivity index (χ1v) is 10.6. The van der Waals surface area contributed by atoms with Crippen LogP contribution in [0, 0.1) is 19.7 Å². The Balaban J connectivity index is 1.63. The molecule has 0 aliphatic carbocycles. The Morgan fingerprint density at radius 2 is 1.89 bits per heavy atom. The van der Waals surface area contributed by atoms with E-state index in [9.17, 15) is 9.18 Å². The van der Waals surface area contributed by atoms with Gasteiger partial charge < -0.3 is 0 Å². The zero-order chi connectivity index (χ0) is 19.7. The van der Waals surface area contributed by atoms with Crippen LogP contribution in [-0.2, 0) is 0 Å². The Kier molecular flexibility index (Phi) is 5.24. The number of hydrogen-bond donors (Lipinski definition) is 0. The summed E-state index contributed by atoms with van der Waals surface area (Å²) in [5.74, 6) is -0.116. The molecule has 2 heterocycles. The van der Waals surface area contributed by atoms with E-state index in [0.717, 1.165) is 26.4 Å². The van der Waals surface area contributed by atoms with E-state index in [1.54, 1.807) is 24.3 Å². The molecule has 0 N–H and O–H groups in total. The van der Waals surface area contributed by atoms with Crippen molar-refractivity contribution in [1.29, 1.82) is 0 Å². The standard InChI is InChI=1S/C22H17FN2OS2/c1-13-3-5-15(6-4-13)17-10-27-21-20(17)22(25-12-24-21)28-11-19(26)16-7-8-18(23)14(2)9-16/h3-10,12H,11H2,1-2H3. The Labute approximate surface area is 170 Å². The normalized spacial score (nSPS) is 11.1. The Morgan fingerprint density at radius 1 is 1.11 bits per heavy atom. The van der Waals surface area contributed by atoms with Crippen molar-refractivity contribution < 1.29 is 9.18 Å². The average molecular weight is 409 g/mol. The monoisotopic (exact) mass is 408 g/mol. The van der Waals surface area contributed by atoms with Crippen LogP contribution in [0.1, 0.15) is 21.5 Å². The zero-order valence-electron chi connectivity index (χ0n) is 15.4.